The highest BCUT2D eigenvalue weighted by Crippen LogP contribution is 2.29. The van der Waals surface area contributed by atoms with Crippen molar-refractivity contribution in [2.24, 2.45) is 5.73 Å². The van der Waals surface area contributed by atoms with Crippen LogP contribution in [-0.4, -0.2) is 58.9 Å². The van der Waals surface area contributed by atoms with E-state index in [2.05, 4.69) is 10.6 Å². The van der Waals surface area contributed by atoms with E-state index in [1.54, 1.807) is 12.1 Å². The van der Waals surface area contributed by atoms with Crippen LogP contribution in [0.3, 0.4) is 0 Å². The monoisotopic (exact) mass is 360 g/mol. The van der Waals surface area contributed by atoms with Gasteiger partial charge in [0.25, 0.3) is 11.8 Å². The Balaban J connectivity index is 1.87. The molecule has 2 aliphatic heterocycles. The minimum Gasteiger partial charge on any atom is -0.395 e. The number of benzene rings is 1. The van der Waals surface area contributed by atoms with E-state index in [9.17, 15) is 24.3 Å². The predicted octanol–water partition coefficient (Wildman–Crippen LogP) is -1.50. The number of carbonyl (C=O) groups is 4. The van der Waals surface area contributed by atoms with Crippen LogP contribution in [0.4, 0.5) is 0 Å². The van der Waals surface area contributed by atoms with E-state index < -0.39 is 29.7 Å². The number of hydrogen-bond acceptors (Lipinski definition) is 7. The van der Waals surface area contributed by atoms with Crippen molar-refractivity contribution in [3.05, 3.63) is 34.9 Å². The number of rotatable bonds is 6. The van der Waals surface area contributed by atoms with E-state index in [1.807, 2.05) is 0 Å². The molecule has 4 amide bonds. The average Bonchev–Trinajstić information content (AvgIpc) is 2.88. The molecular weight excluding hydrogens is 340 g/mol. The van der Waals surface area contributed by atoms with Gasteiger partial charge in [0, 0.05) is 25.6 Å². The number of aliphatic hydroxyl groups is 1. The number of hydrogen-bond donors (Lipinski definition) is 4. The lowest BCUT2D eigenvalue weighted by molar-refractivity contribution is -0.136. The maximum atomic E-state index is 12.9. The summed E-state index contributed by atoms with van der Waals surface area (Å²) in [7, 11) is 0. The van der Waals surface area contributed by atoms with Crippen molar-refractivity contribution in [3.8, 4) is 0 Å². The molecule has 0 bridgehead atoms. The van der Waals surface area contributed by atoms with Gasteiger partial charge in [-0.1, -0.05) is 12.1 Å². The Bertz CT molecular complexity index is 774. The predicted molar refractivity (Wildman–Crippen MR) is 89.9 cm³/mol. The molecule has 0 aromatic heterocycles. The number of imide groups is 2. The Labute approximate surface area is 149 Å². The van der Waals surface area contributed by atoms with Gasteiger partial charge in [-0.3, -0.25) is 29.4 Å². The lowest BCUT2D eigenvalue weighted by Crippen LogP contribution is -2.54. The molecule has 0 aliphatic carbocycles. The SMILES string of the molecule is NC[C@@H](CO)NCc1cccc2c1C(=O)N(C1CCC(=O)NC1=O)C2=O. The maximum Gasteiger partial charge on any atom is 0.262 e. The number of aliphatic hydroxyl groups excluding tert-OH is 1. The number of fused-ring (bicyclic) bond motifs is 1. The van der Waals surface area contributed by atoms with Crippen LogP contribution in [0.2, 0.25) is 0 Å². The smallest absolute Gasteiger partial charge is 0.262 e. The van der Waals surface area contributed by atoms with Gasteiger partial charge in [0.15, 0.2) is 0 Å². The van der Waals surface area contributed by atoms with Crippen molar-refractivity contribution in [3.63, 3.8) is 0 Å². The quantitative estimate of drug-likeness (QED) is 0.452. The summed E-state index contributed by atoms with van der Waals surface area (Å²) in [5.74, 6) is -2.15. The van der Waals surface area contributed by atoms with Crippen LogP contribution in [0.15, 0.2) is 18.2 Å². The summed E-state index contributed by atoms with van der Waals surface area (Å²) in [5.41, 5.74) is 6.59. The molecule has 0 spiro atoms. The van der Waals surface area contributed by atoms with Crippen molar-refractivity contribution in [1.29, 1.82) is 0 Å². The first-order valence-corrected chi connectivity index (χ1v) is 8.35. The summed E-state index contributed by atoms with van der Waals surface area (Å²) >= 11 is 0. The van der Waals surface area contributed by atoms with Gasteiger partial charge in [-0.25, -0.2) is 0 Å². The first kappa shape index (κ1) is 18.2. The Morgan fingerprint density at radius 3 is 2.69 bits per heavy atom. The van der Waals surface area contributed by atoms with Gasteiger partial charge in [-0.05, 0) is 18.1 Å². The Morgan fingerprint density at radius 1 is 1.27 bits per heavy atom. The summed E-state index contributed by atoms with van der Waals surface area (Å²) in [6.45, 7) is 0.315. The third-order valence-corrected chi connectivity index (χ3v) is 4.64. The van der Waals surface area contributed by atoms with E-state index in [1.165, 1.54) is 6.07 Å². The molecule has 1 aromatic carbocycles. The van der Waals surface area contributed by atoms with Gasteiger partial charge in [-0.15, -0.1) is 0 Å². The highest BCUT2D eigenvalue weighted by molar-refractivity contribution is 6.24. The molecule has 1 aromatic rings. The molecule has 138 valence electrons. The number of amides is 4. The van der Waals surface area contributed by atoms with Crippen LogP contribution in [0.25, 0.3) is 0 Å². The molecule has 0 saturated carbocycles. The Kier molecular flexibility index (Phi) is 5.12. The van der Waals surface area contributed by atoms with Crippen molar-refractivity contribution in [2.45, 2.75) is 31.5 Å². The van der Waals surface area contributed by atoms with Gasteiger partial charge < -0.3 is 16.2 Å². The van der Waals surface area contributed by atoms with Gasteiger partial charge in [-0.2, -0.15) is 0 Å². The van der Waals surface area contributed by atoms with Crippen LogP contribution in [0.1, 0.15) is 39.1 Å². The normalized spacial score (nSPS) is 21.0. The highest BCUT2D eigenvalue weighted by Gasteiger charge is 2.45. The third kappa shape index (κ3) is 3.12. The molecule has 1 unspecified atom stereocenters. The zero-order chi connectivity index (χ0) is 18.8. The summed E-state index contributed by atoms with van der Waals surface area (Å²) in [5, 5.41) is 14.4. The third-order valence-electron chi connectivity index (χ3n) is 4.64. The molecule has 2 aliphatic rings. The molecule has 9 nitrogen and oxygen atoms in total. The van der Waals surface area contributed by atoms with Crippen molar-refractivity contribution < 1.29 is 24.3 Å². The minimum atomic E-state index is -0.991. The number of nitrogens with one attached hydrogen (secondary N) is 2. The van der Waals surface area contributed by atoms with Crippen molar-refractivity contribution >= 4 is 23.6 Å². The van der Waals surface area contributed by atoms with E-state index in [4.69, 9.17) is 5.73 Å². The first-order chi connectivity index (χ1) is 12.5. The fourth-order valence-electron chi connectivity index (χ4n) is 3.21. The minimum absolute atomic E-state index is 0.0763. The van der Waals surface area contributed by atoms with Gasteiger partial charge in [0.05, 0.1) is 17.7 Å². The largest absolute Gasteiger partial charge is 0.395 e. The second kappa shape index (κ2) is 7.32. The van der Waals surface area contributed by atoms with Crippen LogP contribution in [0, 0.1) is 0 Å². The highest BCUT2D eigenvalue weighted by atomic mass is 16.3. The topological polar surface area (TPSA) is 142 Å². The number of nitrogens with zero attached hydrogens (tertiary/aromatic N) is 1. The van der Waals surface area contributed by atoms with E-state index in [0.29, 0.717) is 5.56 Å². The molecule has 5 N–H and O–H groups in total. The van der Waals surface area contributed by atoms with Crippen molar-refractivity contribution in [2.75, 3.05) is 13.2 Å². The zero-order valence-electron chi connectivity index (χ0n) is 14.0. The molecule has 26 heavy (non-hydrogen) atoms. The summed E-state index contributed by atoms with van der Waals surface area (Å²) in [6, 6.07) is 3.58. The maximum absolute atomic E-state index is 12.9. The molecule has 2 heterocycles. The molecule has 0 radical (unpaired) electrons. The summed E-state index contributed by atoms with van der Waals surface area (Å²) < 4.78 is 0. The molecule has 1 saturated heterocycles. The number of piperidine rings is 1. The van der Waals surface area contributed by atoms with E-state index in [0.717, 1.165) is 4.90 Å². The lowest BCUT2D eigenvalue weighted by atomic mass is 10.0. The standard InChI is InChI=1S/C17H20N4O5/c18-6-10(8-22)19-7-9-2-1-3-11-14(9)17(26)21(16(11)25)12-4-5-13(23)20-15(12)24/h1-3,10,12,19,22H,4-8,18H2,(H,20,23,24)/t10-,12?/m0/s1. The second-order valence-corrected chi connectivity index (χ2v) is 6.28. The Hall–Kier alpha value is -2.62. The second-order valence-electron chi connectivity index (χ2n) is 6.28. The van der Waals surface area contributed by atoms with Crippen molar-refractivity contribution in [1.82, 2.24) is 15.5 Å². The molecule has 2 atom stereocenters. The van der Waals surface area contributed by atoms with Crippen LogP contribution in [0.5, 0.6) is 0 Å². The number of carbonyl (C=O) groups excluding carboxylic acids is 4. The zero-order valence-corrected chi connectivity index (χ0v) is 14.0. The molecule has 1 fully saturated rings. The fraction of sp³-hybridized carbons (Fsp3) is 0.412. The fourth-order valence-corrected chi connectivity index (χ4v) is 3.21. The van der Waals surface area contributed by atoms with E-state index in [-0.39, 0.29) is 49.7 Å². The Morgan fingerprint density at radius 2 is 2.04 bits per heavy atom. The summed E-state index contributed by atoms with van der Waals surface area (Å²) in [4.78, 5) is 49.9. The first-order valence-electron chi connectivity index (χ1n) is 8.35. The van der Waals surface area contributed by atoms with Gasteiger partial charge in [0.1, 0.15) is 6.04 Å². The summed E-state index contributed by atoms with van der Waals surface area (Å²) in [6.07, 6.45) is 0.191. The molecule has 9 heteroatoms. The number of nitrogens with two attached hydrogens (primary N) is 1. The average molecular weight is 360 g/mol. The van der Waals surface area contributed by atoms with Gasteiger partial charge >= 0.3 is 0 Å². The van der Waals surface area contributed by atoms with Gasteiger partial charge in [0.2, 0.25) is 11.8 Å². The lowest BCUT2D eigenvalue weighted by Gasteiger charge is -2.27. The van der Waals surface area contributed by atoms with Crippen LogP contribution in [-0.2, 0) is 16.1 Å². The van der Waals surface area contributed by atoms with Crippen LogP contribution >= 0.6 is 0 Å². The van der Waals surface area contributed by atoms with E-state index >= 15 is 0 Å². The van der Waals surface area contributed by atoms with Crippen LogP contribution < -0.4 is 16.4 Å². The molecule has 3 rings (SSSR count). The molecular formula is C17H20N4O5.